The van der Waals surface area contributed by atoms with Crippen LogP contribution in [0.5, 0.6) is 0 Å². The van der Waals surface area contributed by atoms with Gasteiger partial charge in [0.15, 0.2) is 0 Å². The Morgan fingerprint density at radius 1 is 0.439 bits per heavy atom. The maximum Gasteiger partial charge on any atom is 0.252 e. The summed E-state index contributed by atoms with van der Waals surface area (Å²) in [5.41, 5.74) is 25.9. The van der Waals surface area contributed by atoms with E-state index in [1.165, 1.54) is 108 Å². The number of hydrogen-bond donors (Lipinski definition) is 0. The normalized spacial score (nSPS) is 15.8. The molecule has 0 aromatic heterocycles. The first-order valence-electron chi connectivity index (χ1n) is 24.4. The first kappa shape index (κ1) is 43.9. The summed E-state index contributed by atoms with van der Waals surface area (Å²) in [5.74, 6) is 0. The molecule has 4 heteroatoms. The zero-order valence-electron chi connectivity index (χ0n) is 42.0. The maximum absolute atomic E-state index is 2.68. The Kier molecular flexibility index (Phi) is 10.2. The van der Waals surface area contributed by atoms with E-state index in [1.807, 2.05) is 0 Å². The second kappa shape index (κ2) is 15.3. The fraction of sp³-hybridized carbons (Fsp3) is 0.323. The first-order chi connectivity index (χ1) is 31.2. The molecule has 334 valence electrons. The molecule has 0 bridgehead atoms. The number of para-hydroxylation sites is 3. The molecule has 0 saturated carbocycles. The Labute approximate surface area is 396 Å². The largest absolute Gasteiger partial charge is 0.311 e. The van der Waals surface area contributed by atoms with Gasteiger partial charge >= 0.3 is 0 Å². The number of fused-ring (bicyclic) bond motifs is 5. The third-order valence-corrected chi connectivity index (χ3v) is 15.5. The van der Waals surface area contributed by atoms with Crippen molar-refractivity contribution < 1.29 is 0 Å². The quantitative estimate of drug-likeness (QED) is 0.160. The predicted octanol–water partition coefficient (Wildman–Crippen LogP) is 15.4. The van der Waals surface area contributed by atoms with Gasteiger partial charge in [0.2, 0.25) is 0 Å². The van der Waals surface area contributed by atoms with Crippen LogP contribution >= 0.6 is 0 Å². The molecule has 10 rings (SSSR count). The Balaban J connectivity index is 1.34. The van der Waals surface area contributed by atoms with Gasteiger partial charge in [-0.05, 0) is 178 Å². The molecule has 0 atom stereocenters. The van der Waals surface area contributed by atoms with Crippen LogP contribution in [0.2, 0.25) is 0 Å². The molecule has 7 aromatic carbocycles. The van der Waals surface area contributed by atoms with E-state index in [4.69, 9.17) is 0 Å². The third-order valence-electron chi connectivity index (χ3n) is 15.5. The van der Waals surface area contributed by atoms with Crippen LogP contribution < -0.4 is 31.1 Å². The van der Waals surface area contributed by atoms with Gasteiger partial charge in [-0.2, -0.15) is 0 Å². The number of hydrogen-bond acceptors (Lipinski definition) is 3. The summed E-state index contributed by atoms with van der Waals surface area (Å²) in [6.07, 6.45) is 2.33. The Morgan fingerprint density at radius 3 is 1.39 bits per heavy atom. The zero-order valence-corrected chi connectivity index (χ0v) is 42.0. The molecular weight excluding hydrogens is 798 g/mol. The highest BCUT2D eigenvalue weighted by molar-refractivity contribution is 7.00. The topological polar surface area (TPSA) is 9.72 Å². The van der Waals surface area contributed by atoms with Crippen LogP contribution in [0, 0.1) is 27.7 Å². The minimum atomic E-state index is -0.118. The fourth-order valence-corrected chi connectivity index (χ4v) is 11.5. The minimum absolute atomic E-state index is 0.00611. The molecule has 0 fully saturated rings. The van der Waals surface area contributed by atoms with Crippen molar-refractivity contribution in [1.82, 2.24) is 0 Å². The number of anilines is 9. The summed E-state index contributed by atoms with van der Waals surface area (Å²) < 4.78 is 0. The zero-order chi connectivity index (χ0) is 46.8. The van der Waals surface area contributed by atoms with Crippen molar-refractivity contribution in [2.45, 2.75) is 131 Å². The molecular formula is C62H68BN3. The van der Waals surface area contributed by atoms with Gasteiger partial charge in [0.1, 0.15) is 0 Å². The van der Waals surface area contributed by atoms with Crippen LogP contribution in [0.1, 0.15) is 127 Å². The van der Waals surface area contributed by atoms with Gasteiger partial charge in [-0.1, -0.05) is 148 Å². The molecule has 0 spiro atoms. The number of nitrogens with zero attached hydrogens (tertiary/aromatic N) is 3. The van der Waals surface area contributed by atoms with Gasteiger partial charge in [-0.15, -0.1) is 0 Å². The minimum Gasteiger partial charge on any atom is -0.311 e. The number of benzene rings is 7. The Hall–Kier alpha value is -6.00. The summed E-state index contributed by atoms with van der Waals surface area (Å²) in [6, 6.07) is 51.5. The molecule has 66 heavy (non-hydrogen) atoms. The molecule has 7 aromatic rings. The molecule has 1 aliphatic carbocycles. The first-order valence-corrected chi connectivity index (χ1v) is 24.4. The van der Waals surface area contributed by atoms with Gasteiger partial charge in [-0.3, -0.25) is 0 Å². The summed E-state index contributed by atoms with van der Waals surface area (Å²) in [5, 5.41) is 0. The monoisotopic (exact) mass is 866 g/mol. The van der Waals surface area contributed by atoms with Crippen molar-refractivity contribution in [3.8, 4) is 0 Å². The van der Waals surface area contributed by atoms with Crippen LogP contribution in [-0.2, 0) is 21.7 Å². The van der Waals surface area contributed by atoms with Crippen molar-refractivity contribution in [3.63, 3.8) is 0 Å². The van der Waals surface area contributed by atoms with Crippen molar-refractivity contribution in [3.05, 3.63) is 178 Å². The lowest BCUT2D eigenvalue weighted by Crippen LogP contribution is -2.62. The van der Waals surface area contributed by atoms with Crippen molar-refractivity contribution in [2.75, 3.05) is 14.7 Å². The van der Waals surface area contributed by atoms with Crippen LogP contribution in [-0.4, -0.2) is 6.71 Å². The van der Waals surface area contributed by atoms with E-state index in [1.54, 1.807) is 0 Å². The summed E-state index contributed by atoms with van der Waals surface area (Å²) in [4.78, 5) is 7.78. The smallest absolute Gasteiger partial charge is 0.252 e. The molecule has 0 N–H and O–H groups in total. The van der Waals surface area contributed by atoms with Gasteiger partial charge in [0.05, 0.1) is 11.4 Å². The van der Waals surface area contributed by atoms with E-state index in [0.717, 1.165) is 17.1 Å². The van der Waals surface area contributed by atoms with Gasteiger partial charge in [0.25, 0.3) is 6.71 Å². The standard InChI is InChI=1S/C62H68BN3/c1-39-20-18-21-40(2)57(39)65-52-36-47(64(45-24-16-15-17-25-45)46-28-26-43(27-29-46)59(5,6)7)30-31-50(52)63-51-37-48-49(62(13,14)33-32-61(48,11)12)38-53(51)66(58-41(3)22-19-23-42(58)4)55-35-44(60(8,9)10)34-54(65)56(55)63/h15-31,34-38H,32-33H2,1-14H3. The average Bonchev–Trinajstić information content (AvgIpc) is 3.26. The molecule has 0 unspecified atom stereocenters. The van der Waals surface area contributed by atoms with Crippen LogP contribution in [0.4, 0.5) is 51.2 Å². The van der Waals surface area contributed by atoms with Crippen molar-refractivity contribution in [1.29, 1.82) is 0 Å². The Morgan fingerprint density at radius 2 is 0.894 bits per heavy atom. The van der Waals surface area contributed by atoms with E-state index in [9.17, 15) is 0 Å². The molecule has 3 nitrogen and oxygen atoms in total. The van der Waals surface area contributed by atoms with Gasteiger partial charge in [-0.25, -0.2) is 0 Å². The lowest BCUT2D eigenvalue weighted by atomic mass is 9.33. The van der Waals surface area contributed by atoms with E-state index >= 15 is 0 Å². The lowest BCUT2D eigenvalue weighted by molar-refractivity contribution is 0.332. The molecule has 3 aliphatic rings. The third kappa shape index (κ3) is 7.01. The van der Waals surface area contributed by atoms with Crippen LogP contribution in [0.3, 0.4) is 0 Å². The predicted molar refractivity (Wildman–Crippen MR) is 287 cm³/mol. The summed E-state index contributed by atoms with van der Waals surface area (Å²) in [7, 11) is 0. The number of rotatable bonds is 5. The van der Waals surface area contributed by atoms with Crippen molar-refractivity contribution >= 4 is 74.3 Å². The van der Waals surface area contributed by atoms with Gasteiger partial charge in [0, 0.05) is 39.8 Å². The highest BCUT2D eigenvalue weighted by Crippen LogP contribution is 2.53. The average molecular weight is 866 g/mol. The maximum atomic E-state index is 2.68. The second-order valence-electron chi connectivity index (χ2n) is 23.2. The molecule has 0 saturated heterocycles. The van der Waals surface area contributed by atoms with E-state index < -0.39 is 0 Å². The lowest BCUT2D eigenvalue weighted by Gasteiger charge is -2.48. The highest BCUT2D eigenvalue weighted by Gasteiger charge is 2.47. The fourth-order valence-electron chi connectivity index (χ4n) is 11.5. The summed E-state index contributed by atoms with van der Waals surface area (Å²) >= 11 is 0. The van der Waals surface area contributed by atoms with E-state index in [-0.39, 0.29) is 28.4 Å². The van der Waals surface area contributed by atoms with Gasteiger partial charge < -0.3 is 14.7 Å². The second-order valence-corrected chi connectivity index (χ2v) is 23.2. The molecule has 0 amide bonds. The highest BCUT2D eigenvalue weighted by atomic mass is 15.2. The van der Waals surface area contributed by atoms with E-state index in [0.29, 0.717) is 0 Å². The molecule has 2 aliphatic heterocycles. The molecule has 2 heterocycles. The van der Waals surface area contributed by atoms with E-state index in [2.05, 4.69) is 245 Å². The van der Waals surface area contributed by atoms with Crippen LogP contribution in [0.15, 0.2) is 133 Å². The van der Waals surface area contributed by atoms with Crippen LogP contribution in [0.25, 0.3) is 0 Å². The molecule has 0 radical (unpaired) electrons. The number of aryl methyl sites for hydroxylation is 4. The van der Waals surface area contributed by atoms with Crippen molar-refractivity contribution in [2.24, 2.45) is 0 Å². The Bertz CT molecular complexity index is 3010. The summed E-state index contributed by atoms with van der Waals surface area (Å²) in [6.45, 7) is 33.1. The SMILES string of the molecule is Cc1cccc(C)c1N1c2cc(N(c3ccccc3)c3ccc(C(C)(C)C)cc3)ccc2B2c3cc4c(cc3N(c3c(C)cccc3C)c3cc(C(C)(C)C)cc1c32)C(C)(C)CCC4(C)C.